The first-order valence-corrected chi connectivity index (χ1v) is 17.1. The van der Waals surface area contributed by atoms with E-state index in [2.05, 4.69) is 65.0 Å². The van der Waals surface area contributed by atoms with Crippen LogP contribution in [0, 0.1) is 0 Å². The van der Waals surface area contributed by atoms with E-state index in [-0.39, 0.29) is 22.9 Å². The number of anilines is 1. The Morgan fingerprint density at radius 1 is 0.810 bits per heavy atom. The lowest BCUT2D eigenvalue weighted by Gasteiger charge is -2.22. The molecule has 1 amide bonds. The molecule has 0 spiro atoms. The van der Waals surface area contributed by atoms with Crippen LogP contribution in [0.15, 0.2) is 65.6 Å². The lowest BCUT2D eigenvalue weighted by atomic mass is 10.0. The summed E-state index contributed by atoms with van der Waals surface area (Å²) in [6.07, 6.45) is 22.1. The molecule has 3 rings (SSSR count). The molecule has 0 fully saturated rings. The minimum atomic E-state index is 0. The maximum Gasteiger partial charge on any atom is 0.224 e. The van der Waals surface area contributed by atoms with Crippen LogP contribution in [0.1, 0.15) is 115 Å². The van der Waals surface area contributed by atoms with Gasteiger partial charge in [0.25, 0.3) is 0 Å². The molecule has 0 aliphatic heterocycles. The summed E-state index contributed by atoms with van der Waals surface area (Å²) < 4.78 is 8.15. The Labute approximate surface area is 270 Å². The van der Waals surface area contributed by atoms with E-state index in [4.69, 9.17) is 4.74 Å². The van der Waals surface area contributed by atoms with Crippen LogP contribution in [-0.2, 0) is 17.8 Å². The Morgan fingerprint density at radius 2 is 1.43 bits per heavy atom. The van der Waals surface area contributed by atoms with E-state index in [1.54, 1.807) is 18.3 Å². The quantitative estimate of drug-likeness (QED) is 0.0909. The third-order valence-electron chi connectivity index (χ3n) is 7.81. The van der Waals surface area contributed by atoms with Crippen molar-refractivity contribution in [3.8, 4) is 5.75 Å². The Kier molecular flexibility index (Phi) is 19.2. The van der Waals surface area contributed by atoms with Crippen LogP contribution < -0.4 is 31.2 Å². The van der Waals surface area contributed by atoms with Crippen molar-refractivity contribution in [3.63, 3.8) is 0 Å². The highest BCUT2D eigenvalue weighted by molar-refractivity contribution is 7.07. The van der Waals surface area contributed by atoms with Gasteiger partial charge >= 0.3 is 0 Å². The fourth-order valence-electron chi connectivity index (χ4n) is 5.33. The van der Waals surface area contributed by atoms with Gasteiger partial charge < -0.3 is 26.6 Å². The van der Waals surface area contributed by atoms with Crippen molar-refractivity contribution in [2.24, 2.45) is 0 Å². The summed E-state index contributed by atoms with van der Waals surface area (Å²) in [5.74, 6) is 1.00. The van der Waals surface area contributed by atoms with Crippen molar-refractivity contribution in [2.75, 3.05) is 18.1 Å². The van der Waals surface area contributed by atoms with Crippen LogP contribution in [0.25, 0.3) is 0 Å². The first kappa shape index (κ1) is 36.0. The molecule has 0 aliphatic rings. The van der Waals surface area contributed by atoms with Gasteiger partial charge in [-0.3, -0.25) is 4.79 Å². The number of amides is 1. The normalized spacial score (nSPS) is 10.8. The van der Waals surface area contributed by atoms with Crippen molar-refractivity contribution >= 4 is 22.9 Å². The lowest BCUT2D eigenvalue weighted by molar-refractivity contribution is -0.683. The molecule has 0 bridgehead atoms. The molecule has 6 heteroatoms. The topological polar surface area (TPSA) is 33.4 Å². The number of nitrogens with zero attached hydrogens (tertiary/aromatic N) is 2. The van der Waals surface area contributed by atoms with E-state index in [9.17, 15) is 4.79 Å². The summed E-state index contributed by atoms with van der Waals surface area (Å²) >= 11 is 1.68. The number of carbonyl (C=O) groups is 1. The molecule has 232 valence electrons. The maximum atomic E-state index is 12.5. The maximum absolute atomic E-state index is 12.5. The van der Waals surface area contributed by atoms with Crippen molar-refractivity contribution in [1.29, 1.82) is 0 Å². The van der Waals surface area contributed by atoms with E-state index >= 15 is 0 Å². The third-order valence-corrected chi connectivity index (χ3v) is 8.48. The van der Waals surface area contributed by atoms with Crippen LogP contribution in [0.5, 0.6) is 5.75 Å². The van der Waals surface area contributed by atoms with Crippen LogP contribution in [0.3, 0.4) is 0 Å². The molecule has 42 heavy (non-hydrogen) atoms. The number of carbonyl (C=O) groups excluding carboxylic acids is 1. The second kappa shape index (κ2) is 22.4. The zero-order valence-corrected chi connectivity index (χ0v) is 28.5. The average Bonchev–Trinajstić information content (AvgIpc) is 3.49. The first-order chi connectivity index (χ1) is 20.2. The minimum Gasteiger partial charge on any atom is -1.00 e. The van der Waals surface area contributed by atoms with Gasteiger partial charge in [0.2, 0.25) is 11.4 Å². The number of hydrogen-bond acceptors (Lipinski definition) is 3. The van der Waals surface area contributed by atoms with Gasteiger partial charge in [0, 0.05) is 24.7 Å². The second-order valence-corrected chi connectivity index (χ2v) is 12.1. The van der Waals surface area contributed by atoms with Crippen molar-refractivity contribution in [3.05, 3.63) is 76.7 Å². The lowest BCUT2D eigenvalue weighted by Crippen LogP contribution is -3.00. The Bertz CT molecular complexity index is 1090. The van der Waals surface area contributed by atoms with E-state index in [0.29, 0.717) is 6.54 Å². The van der Waals surface area contributed by atoms with E-state index in [1.165, 1.54) is 94.6 Å². The summed E-state index contributed by atoms with van der Waals surface area (Å²) in [7, 11) is 0. The van der Waals surface area contributed by atoms with E-state index < -0.39 is 0 Å². The number of hydrogen-bond donors (Lipinski definition) is 0. The highest BCUT2D eigenvalue weighted by atomic mass is 79.9. The summed E-state index contributed by atoms with van der Waals surface area (Å²) in [4.78, 5) is 14.3. The summed E-state index contributed by atoms with van der Waals surface area (Å²) in [6.45, 7) is 6.19. The molecule has 0 saturated heterocycles. The molecule has 0 atom stereocenters. The number of benzene rings is 2. The van der Waals surface area contributed by atoms with Crippen LogP contribution in [0.2, 0.25) is 0 Å². The van der Waals surface area contributed by atoms with Gasteiger partial charge in [0.1, 0.15) is 5.75 Å². The Hall–Kier alpha value is -2.18. The number of unbranched alkanes of at least 4 members (excludes halogenated alkanes) is 13. The smallest absolute Gasteiger partial charge is 0.224 e. The molecular formula is C36H53BrN2O2S. The number of aromatic nitrogens is 1. The molecule has 0 radical (unpaired) electrons. The van der Waals surface area contributed by atoms with Crippen molar-refractivity contribution in [2.45, 2.75) is 117 Å². The zero-order valence-electron chi connectivity index (χ0n) is 26.1. The standard InChI is InChI=1S/C36H53N2O2S.BrH/c1-3-4-5-6-7-8-9-10-11-12-13-14-15-16-27-40-36-22-20-33(21-23-36)24-25-38(32(2)39)35-19-17-18-34(29-35)30-37-26-28-41-31-37;/h17-23,26,28-29,31H,3-16,24-25,27,30H2,1-2H3;1H/q+1;/p-1. The molecule has 2 aromatic carbocycles. The average molecular weight is 658 g/mol. The Morgan fingerprint density at radius 3 is 2.00 bits per heavy atom. The summed E-state index contributed by atoms with van der Waals surface area (Å²) in [5.41, 5.74) is 5.46. The number of ether oxygens (including phenoxy) is 1. The molecule has 0 aliphatic carbocycles. The number of thiazole rings is 1. The highest BCUT2D eigenvalue weighted by Gasteiger charge is 2.13. The highest BCUT2D eigenvalue weighted by Crippen LogP contribution is 2.19. The van der Waals surface area contributed by atoms with Gasteiger partial charge in [-0.2, -0.15) is 4.57 Å². The minimum absolute atomic E-state index is 0. The van der Waals surface area contributed by atoms with Crippen molar-refractivity contribution in [1.82, 2.24) is 0 Å². The third kappa shape index (κ3) is 14.8. The summed E-state index contributed by atoms with van der Waals surface area (Å²) in [6, 6.07) is 16.7. The van der Waals surface area contributed by atoms with Crippen LogP contribution in [0.4, 0.5) is 5.69 Å². The van der Waals surface area contributed by atoms with Crippen molar-refractivity contribution < 1.29 is 31.1 Å². The van der Waals surface area contributed by atoms with Gasteiger partial charge in [0.15, 0.2) is 12.7 Å². The van der Waals surface area contributed by atoms with Gasteiger partial charge in [-0.05, 0) is 42.7 Å². The SMILES string of the molecule is CCCCCCCCCCCCCCCCOc1ccc(CCN(C(C)=O)c2cccc(C[n+]3ccsc3)c2)cc1.[Br-]. The molecule has 1 aromatic heterocycles. The van der Waals surface area contributed by atoms with Gasteiger partial charge in [-0.1, -0.05) is 126 Å². The predicted molar refractivity (Wildman–Crippen MR) is 174 cm³/mol. The second-order valence-electron chi connectivity index (χ2n) is 11.4. The fraction of sp³-hybridized carbons (Fsp3) is 0.556. The zero-order chi connectivity index (χ0) is 29.0. The van der Waals surface area contributed by atoms with Gasteiger partial charge in [0.05, 0.1) is 12.0 Å². The largest absolute Gasteiger partial charge is 1.00 e. The van der Waals surface area contributed by atoms with E-state index in [0.717, 1.165) is 37.4 Å². The summed E-state index contributed by atoms with van der Waals surface area (Å²) in [5, 5.41) is 2.07. The van der Waals surface area contributed by atoms with E-state index in [1.807, 2.05) is 17.0 Å². The monoisotopic (exact) mass is 656 g/mol. The first-order valence-electron chi connectivity index (χ1n) is 16.2. The number of rotatable bonds is 22. The van der Waals surface area contributed by atoms with Gasteiger partial charge in [-0.15, -0.1) is 0 Å². The molecule has 0 saturated carbocycles. The number of halogens is 1. The molecule has 1 heterocycles. The predicted octanol–water partition coefficient (Wildman–Crippen LogP) is 6.54. The van der Waals surface area contributed by atoms with Crippen LogP contribution in [-0.4, -0.2) is 19.1 Å². The molecule has 0 N–H and O–H groups in total. The molecule has 3 aromatic rings. The van der Waals surface area contributed by atoms with Crippen LogP contribution >= 0.6 is 11.3 Å². The Balaban J connectivity index is 0.00000616. The van der Waals surface area contributed by atoms with Gasteiger partial charge in [-0.25, -0.2) is 0 Å². The molecule has 0 unspecified atom stereocenters. The fourth-order valence-corrected chi connectivity index (χ4v) is 5.93. The molecular weight excluding hydrogens is 604 g/mol. The molecule has 4 nitrogen and oxygen atoms in total.